The highest BCUT2D eigenvalue weighted by molar-refractivity contribution is 7.26. The van der Waals surface area contributed by atoms with E-state index in [2.05, 4.69) is 146 Å². The number of thiophene rings is 2. The number of hydrogen-bond acceptors (Lipinski definition) is 5. The van der Waals surface area contributed by atoms with E-state index < -0.39 is 0 Å². The van der Waals surface area contributed by atoms with E-state index in [4.69, 9.17) is 9.40 Å². The van der Waals surface area contributed by atoms with Gasteiger partial charge in [0.25, 0.3) is 0 Å². The van der Waals surface area contributed by atoms with Crippen molar-refractivity contribution < 1.29 is 4.42 Å². The molecule has 1 aliphatic rings. The minimum Gasteiger partial charge on any atom is -0.456 e. The zero-order chi connectivity index (χ0) is 32.4. The Morgan fingerprint density at radius 3 is 1.84 bits per heavy atom. The molecule has 0 unspecified atom stereocenters. The molecular weight excluding hydrogens is 637 g/mol. The Morgan fingerprint density at radius 1 is 0.571 bits per heavy atom. The molecule has 232 valence electrons. The number of fused-ring (bicyclic) bond motifs is 13. The summed E-state index contributed by atoms with van der Waals surface area (Å²) in [6, 6.07) is 46.4. The van der Waals surface area contributed by atoms with Gasteiger partial charge in [0.1, 0.15) is 11.2 Å². The van der Waals surface area contributed by atoms with Crippen molar-refractivity contribution in [3.05, 3.63) is 145 Å². The molecule has 4 heterocycles. The van der Waals surface area contributed by atoms with Gasteiger partial charge in [0.05, 0.1) is 11.4 Å². The maximum atomic E-state index is 6.71. The average molecular weight is 665 g/mol. The zero-order valence-electron chi connectivity index (χ0n) is 26.8. The molecule has 1 aliphatic carbocycles. The Labute approximate surface area is 290 Å². The Kier molecular flexibility index (Phi) is 5.48. The van der Waals surface area contributed by atoms with Crippen LogP contribution in [0.4, 0.5) is 17.1 Å². The van der Waals surface area contributed by atoms with Crippen LogP contribution in [0.3, 0.4) is 0 Å². The molecular formula is C44H28N2OS2. The summed E-state index contributed by atoms with van der Waals surface area (Å²) in [6.45, 7) is 4.65. The molecule has 6 aromatic carbocycles. The predicted octanol–water partition coefficient (Wildman–Crippen LogP) is 13.5. The smallest absolute Gasteiger partial charge is 0.138 e. The summed E-state index contributed by atoms with van der Waals surface area (Å²) in [6.07, 6.45) is 1.93. The highest BCUT2D eigenvalue weighted by Gasteiger charge is 2.42. The van der Waals surface area contributed by atoms with Crippen molar-refractivity contribution in [1.29, 1.82) is 0 Å². The van der Waals surface area contributed by atoms with Gasteiger partial charge in [-0.3, -0.25) is 4.98 Å². The zero-order valence-corrected chi connectivity index (χ0v) is 28.5. The summed E-state index contributed by atoms with van der Waals surface area (Å²) in [4.78, 5) is 7.50. The molecule has 49 heavy (non-hydrogen) atoms. The minimum atomic E-state index is -0.357. The van der Waals surface area contributed by atoms with Gasteiger partial charge < -0.3 is 9.32 Å². The van der Waals surface area contributed by atoms with E-state index in [9.17, 15) is 0 Å². The molecule has 0 bridgehead atoms. The van der Waals surface area contributed by atoms with Gasteiger partial charge in [-0.2, -0.15) is 0 Å². The van der Waals surface area contributed by atoms with E-state index in [0.717, 1.165) is 44.7 Å². The Hall–Kier alpha value is -5.49. The summed E-state index contributed by atoms with van der Waals surface area (Å²) in [5.41, 5.74) is 9.55. The van der Waals surface area contributed by atoms with Crippen molar-refractivity contribution in [1.82, 2.24) is 4.98 Å². The molecule has 4 aromatic heterocycles. The Morgan fingerprint density at radius 2 is 1.16 bits per heavy atom. The van der Waals surface area contributed by atoms with Crippen LogP contribution in [-0.4, -0.2) is 4.98 Å². The molecule has 3 nitrogen and oxygen atoms in total. The third kappa shape index (κ3) is 3.74. The van der Waals surface area contributed by atoms with Crippen LogP contribution < -0.4 is 4.90 Å². The van der Waals surface area contributed by atoms with Crippen LogP contribution in [0.1, 0.15) is 25.1 Å². The molecule has 0 aliphatic heterocycles. The standard InChI is InChI=1S/C44H28N2OS2/c1-44(2)42-33(24-35-40(29-12-3-6-14-34(29)47-35)41(42)30-13-9-21-45-43(30)44)46(25-17-19-38-31(22-25)27-10-4-7-15-36(27)48-38)26-18-20-39-32(23-26)28-11-5-8-16-37(28)49-39/h3-24H,1-2H3. The van der Waals surface area contributed by atoms with E-state index in [0.29, 0.717) is 0 Å². The second kappa shape index (κ2) is 9.79. The molecule has 0 amide bonds. The third-order valence-corrected chi connectivity index (χ3v) is 12.7. The van der Waals surface area contributed by atoms with E-state index >= 15 is 0 Å². The van der Waals surface area contributed by atoms with E-state index in [-0.39, 0.29) is 5.41 Å². The van der Waals surface area contributed by atoms with Gasteiger partial charge in [-0.25, -0.2) is 0 Å². The number of nitrogens with zero attached hydrogens (tertiary/aromatic N) is 2. The molecule has 10 aromatic rings. The first-order valence-corrected chi connectivity index (χ1v) is 18.3. The number of benzene rings is 6. The molecule has 5 heteroatoms. The first-order chi connectivity index (χ1) is 24.0. The van der Waals surface area contributed by atoms with Crippen LogP contribution in [0.15, 0.2) is 138 Å². The highest BCUT2D eigenvalue weighted by atomic mass is 32.1. The fraction of sp³-hybridized carbons (Fsp3) is 0.0682. The van der Waals surface area contributed by atoms with E-state index in [1.54, 1.807) is 0 Å². The lowest BCUT2D eigenvalue weighted by atomic mass is 9.83. The van der Waals surface area contributed by atoms with Crippen molar-refractivity contribution in [2.45, 2.75) is 19.3 Å². The van der Waals surface area contributed by atoms with Gasteiger partial charge in [-0.05, 0) is 66.2 Å². The molecule has 0 saturated heterocycles. The van der Waals surface area contributed by atoms with Gasteiger partial charge >= 0.3 is 0 Å². The topological polar surface area (TPSA) is 29.3 Å². The van der Waals surface area contributed by atoms with Crippen LogP contribution in [0, 0.1) is 0 Å². The van der Waals surface area contributed by atoms with Gasteiger partial charge in [0, 0.05) is 91.3 Å². The summed E-state index contributed by atoms with van der Waals surface area (Å²) in [5.74, 6) is 0. The summed E-state index contributed by atoms with van der Waals surface area (Å²) < 4.78 is 11.9. The number of aromatic nitrogens is 1. The van der Waals surface area contributed by atoms with E-state index in [1.807, 2.05) is 28.9 Å². The number of para-hydroxylation sites is 1. The van der Waals surface area contributed by atoms with E-state index in [1.165, 1.54) is 57.0 Å². The highest BCUT2D eigenvalue weighted by Crippen LogP contribution is 2.58. The monoisotopic (exact) mass is 664 g/mol. The minimum absolute atomic E-state index is 0.357. The van der Waals surface area contributed by atoms with Crippen molar-refractivity contribution >= 4 is 102 Å². The second-order valence-corrected chi connectivity index (χ2v) is 15.7. The second-order valence-electron chi connectivity index (χ2n) is 13.5. The Balaban J connectivity index is 1.28. The third-order valence-electron chi connectivity index (χ3n) is 10.4. The lowest BCUT2D eigenvalue weighted by Crippen LogP contribution is -2.21. The van der Waals surface area contributed by atoms with Crippen LogP contribution in [0.25, 0.3) is 73.4 Å². The SMILES string of the molecule is CC1(C)c2ncccc2-c2c1c(N(c1ccc3sc4ccccc4c3c1)c1ccc3sc4ccccc4c3c1)cc1oc3ccccc3c21. The molecule has 0 atom stereocenters. The molecule has 0 saturated carbocycles. The van der Waals surface area contributed by atoms with Crippen molar-refractivity contribution in [3.63, 3.8) is 0 Å². The van der Waals surface area contributed by atoms with Crippen molar-refractivity contribution in [2.24, 2.45) is 0 Å². The number of anilines is 3. The van der Waals surface area contributed by atoms with Crippen LogP contribution in [-0.2, 0) is 5.41 Å². The summed E-state index contributed by atoms with van der Waals surface area (Å²) in [5, 5.41) is 7.42. The van der Waals surface area contributed by atoms with Gasteiger partial charge in [0.15, 0.2) is 0 Å². The largest absolute Gasteiger partial charge is 0.456 e. The molecule has 0 spiro atoms. The number of hydrogen-bond donors (Lipinski definition) is 0. The summed E-state index contributed by atoms with van der Waals surface area (Å²) >= 11 is 3.71. The molecule has 0 radical (unpaired) electrons. The quantitative estimate of drug-likeness (QED) is 0.188. The summed E-state index contributed by atoms with van der Waals surface area (Å²) in [7, 11) is 0. The number of rotatable bonds is 3. The predicted molar refractivity (Wildman–Crippen MR) is 210 cm³/mol. The lowest BCUT2D eigenvalue weighted by Gasteiger charge is -2.32. The molecule has 0 fully saturated rings. The maximum Gasteiger partial charge on any atom is 0.138 e. The van der Waals surface area contributed by atoms with Gasteiger partial charge in [-0.1, -0.05) is 74.5 Å². The fourth-order valence-electron chi connectivity index (χ4n) is 8.31. The first-order valence-electron chi connectivity index (χ1n) is 16.6. The normalized spacial score (nSPS) is 13.7. The van der Waals surface area contributed by atoms with Gasteiger partial charge in [-0.15, -0.1) is 22.7 Å². The van der Waals surface area contributed by atoms with Crippen molar-refractivity contribution in [2.75, 3.05) is 4.90 Å². The molecule has 11 rings (SSSR count). The van der Waals surface area contributed by atoms with Crippen LogP contribution >= 0.6 is 22.7 Å². The number of furan rings is 1. The van der Waals surface area contributed by atoms with Crippen LogP contribution in [0.2, 0.25) is 0 Å². The average Bonchev–Trinajstić information content (AvgIpc) is 3.86. The molecule has 0 N–H and O–H groups in total. The first kappa shape index (κ1) is 27.5. The van der Waals surface area contributed by atoms with Crippen LogP contribution in [0.5, 0.6) is 0 Å². The Bertz CT molecular complexity index is 2880. The lowest BCUT2D eigenvalue weighted by molar-refractivity contribution is 0.636. The van der Waals surface area contributed by atoms with Gasteiger partial charge in [0.2, 0.25) is 0 Å². The number of pyridine rings is 1. The maximum absolute atomic E-state index is 6.71. The van der Waals surface area contributed by atoms with Crippen molar-refractivity contribution in [3.8, 4) is 11.1 Å². The fourth-order valence-corrected chi connectivity index (χ4v) is 10.5.